The number of carbonyl (C=O) groups is 1. The number of nitrogens with two attached hydrogens (primary N) is 1. The molecule has 1 heterocycles. The highest BCUT2D eigenvalue weighted by Crippen LogP contribution is 2.33. The van der Waals surface area contributed by atoms with Crippen LogP contribution in [0.1, 0.15) is 39.0 Å². The molecule has 2 rings (SSSR count). The van der Waals surface area contributed by atoms with E-state index < -0.39 is 0 Å². The van der Waals surface area contributed by atoms with Gasteiger partial charge in [-0.3, -0.25) is 4.79 Å². The molecule has 2 aliphatic rings. The predicted molar refractivity (Wildman–Crippen MR) is 66.5 cm³/mol. The van der Waals surface area contributed by atoms with Gasteiger partial charge in [-0.1, -0.05) is 0 Å². The van der Waals surface area contributed by atoms with Crippen LogP contribution in [0.5, 0.6) is 0 Å². The fourth-order valence-electron chi connectivity index (χ4n) is 2.61. The average molecular weight is 240 g/mol. The van der Waals surface area contributed by atoms with Crippen LogP contribution < -0.4 is 5.73 Å². The average Bonchev–Trinajstić information content (AvgIpc) is 3.13. The number of methoxy groups -OCH3 is 1. The van der Waals surface area contributed by atoms with Gasteiger partial charge < -0.3 is 15.4 Å². The molecule has 0 bridgehead atoms. The van der Waals surface area contributed by atoms with E-state index in [4.69, 9.17) is 10.5 Å². The van der Waals surface area contributed by atoms with E-state index in [9.17, 15) is 4.79 Å². The van der Waals surface area contributed by atoms with E-state index in [0.717, 1.165) is 19.4 Å². The Balaban J connectivity index is 1.85. The molecule has 2 fully saturated rings. The lowest BCUT2D eigenvalue weighted by atomic mass is 9.94. The summed E-state index contributed by atoms with van der Waals surface area (Å²) >= 11 is 0. The maximum atomic E-state index is 12.1. The molecule has 0 aromatic rings. The Labute approximate surface area is 103 Å². The van der Waals surface area contributed by atoms with Gasteiger partial charge in [0, 0.05) is 32.7 Å². The summed E-state index contributed by atoms with van der Waals surface area (Å²) in [6.45, 7) is 3.64. The molecule has 1 saturated carbocycles. The molecule has 98 valence electrons. The number of piperidine rings is 1. The zero-order valence-corrected chi connectivity index (χ0v) is 10.9. The number of hydrogen-bond donors (Lipinski definition) is 1. The molecule has 17 heavy (non-hydrogen) atoms. The number of rotatable bonds is 4. The maximum absolute atomic E-state index is 12.1. The van der Waals surface area contributed by atoms with Gasteiger partial charge >= 0.3 is 0 Å². The monoisotopic (exact) mass is 240 g/mol. The third-order valence-corrected chi connectivity index (χ3v) is 4.14. The molecule has 4 heteroatoms. The van der Waals surface area contributed by atoms with E-state index in [-0.39, 0.29) is 17.6 Å². The lowest BCUT2D eigenvalue weighted by Crippen LogP contribution is -2.50. The van der Waals surface area contributed by atoms with Crippen molar-refractivity contribution in [3.8, 4) is 0 Å². The Morgan fingerprint density at radius 1 is 1.59 bits per heavy atom. The highest BCUT2D eigenvalue weighted by molar-refractivity contribution is 5.77. The van der Waals surface area contributed by atoms with Crippen molar-refractivity contribution in [3.63, 3.8) is 0 Å². The highest BCUT2D eigenvalue weighted by Gasteiger charge is 2.35. The topological polar surface area (TPSA) is 55.6 Å². The summed E-state index contributed by atoms with van der Waals surface area (Å²) in [7, 11) is 1.73. The molecule has 2 unspecified atom stereocenters. The first-order valence-corrected chi connectivity index (χ1v) is 6.62. The Morgan fingerprint density at radius 2 is 2.29 bits per heavy atom. The first-order chi connectivity index (χ1) is 8.04. The minimum absolute atomic E-state index is 0.0678. The van der Waals surface area contributed by atoms with Crippen LogP contribution in [0, 0.1) is 5.92 Å². The van der Waals surface area contributed by atoms with Crippen molar-refractivity contribution in [2.75, 3.05) is 20.2 Å². The minimum atomic E-state index is -0.169. The molecule has 0 aromatic carbocycles. The van der Waals surface area contributed by atoms with E-state index in [2.05, 4.69) is 6.92 Å². The standard InChI is InChI=1S/C13H24N2O2/c1-13(17-2)6-3-7-15(9-13)12(16)8-11(14)10-4-5-10/h10-11H,3-9,14H2,1-2H3. The van der Waals surface area contributed by atoms with Gasteiger partial charge in [0.05, 0.1) is 5.60 Å². The van der Waals surface area contributed by atoms with Gasteiger partial charge in [0.25, 0.3) is 0 Å². The Hall–Kier alpha value is -0.610. The number of carbonyl (C=O) groups excluding carboxylic acids is 1. The number of nitrogens with zero attached hydrogens (tertiary/aromatic N) is 1. The summed E-state index contributed by atoms with van der Waals surface area (Å²) in [5.41, 5.74) is 5.84. The Morgan fingerprint density at radius 3 is 2.88 bits per heavy atom. The number of amides is 1. The first kappa shape index (κ1) is 12.8. The normalized spacial score (nSPS) is 31.4. The molecule has 1 aliphatic heterocycles. The van der Waals surface area contributed by atoms with Crippen LogP contribution in [0.2, 0.25) is 0 Å². The maximum Gasteiger partial charge on any atom is 0.224 e. The van der Waals surface area contributed by atoms with Gasteiger partial charge in [-0.2, -0.15) is 0 Å². The van der Waals surface area contributed by atoms with Gasteiger partial charge in [-0.05, 0) is 38.5 Å². The first-order valence-electron chi connectivity index (χ1n) is 6.62. The molecule has 0 spiro atoms. The highest BCUT2D eigenvalue weighted by atomic mass is 16.5. The van der Waals surface area contributed by atoms with E-state index in [0.29, 0.717) is 18.9 Å². The predicted octanol–water partition coefficient (Wildman–Crippen LogP) is 1.14. The van der Waals surface area contributed by atoms with Gasteiger partial charge in [0.1, 0.15) is 0 Å². The Bertz CT molecular complexity index is 291. The zero-order valence-electron chi connectivity index (χ0n) is 10.9. The van der Waals surface area contributed by atoms with E-state index >= 15 is 0 Å². The van der Waals surface area contributed by atoms with Crippen LogP contribution in [0.4, 0.5) is 0 Å². The van der Waals surface area contributed by atoms with Crippen molar-refractivity contribution in [2.45, 2.75) is 50.7 Å². The van der Waals surface area contributed by atoms with Crippen molar-refractivity contribution in [1.82, 2.24) is 4.90 Å². The summed E-state index contributed by atoms with van der Waals surface area (Å²) in [5, 5.41) is 0. The number of likely N-dealkylation sites (tertiary alicyclic amines) is 1. The van der Waals surface area contributed by atoms with Crippen LogP contribution >= 0.6 is 0 Å². The fraction of sp³-hybridized carbons (Fsp3) is 0.923. The van der Waals surface area contributed by atoms with E-state index in [1.54, 1.807) is 7.11 Å². The molecule has 1 saturated heterocycles. The van der Waals surface area contributed by atoms with Crippen molar-refractivity contribution in [1.29, 1.82) is 0 Å². The van der Waals surface area contributed by atoms with Gasteiger partial charge in [0.2, 0.25) is 5.91 Å². The molecule has 0 radical (unpaired) electrons. The minimum Gasteiger partial charge on any atom is -0.377 e. The van der Waals surface area contributed by atoms with Crippen molar-refractivity contribution < 1.29 is 9.53 Å². The van der Waals surface area contributed by atoms with E-state index in [1.165, 1.54) is 12.8 Å². The van der Waals surface area contributed by atoms with Gasteiger partial charge in [0.15, 0.2) is 0 Å². The van der Waals surface area contributed by atoms with Gasteiger partial charge in [-0.15, -0.1) is 0 Å². The quantitative estimate of drug-likeness (QED) is 0.801. The lowest BCUT2D eigenvalue weighted by Gasteiger charge is -2.39. The molecule has 2 atom stereocenters. The summed E-state index contributed by atoms with van der Waals surface area (Å²) in [4.78, 5) is 14.1. The summed E-state index contributed by atoms with van der Waals surface area (Å²) in [6.07, 6.45) is 4.95. The van der Waals surface area contributed by atoms with Crippen LogP contribution in [0.25, 0.3) is 0 Å². The number of hydrogen-bond acceptors (Lipinski definition) is 3. The third kappa shape index (κ3) is 3.19. The lowest BCUT2D eigenvalue weighted by molar-refractivity contribution is -0.139. The van der Waals surface area contributed by atoms with Crippen molar-refractivity contribution in [3.05, 3.63) is 0 Å². The second kappa shape index (κ2) is 4.94. The number of ether oxygens (including phenoxy) is 1. The molecule has 0 aromatic heterocycles. The molecule has 4 nitrogen and oxygen atoms in total. The fourth-order valence-corrected chi connectivity index (χ4v) is 2.61. The summed E-state index contributed by atoms with van der Waals surface area (Å²) < 4.78 is 5.50. The SMILES string of the molecule is COC1(C)CCCN(C(=O)CC(N)C2CC2)C1. The van der Waals surface area contributed by atoms with Crippen LogP contribution in [-0.2, 0) is 9.53 Å². The van der Waals surface area contributed by atoms with Crippen molar-refractivity contribution >= 4 is 5.91 Å². The van der Waals surface area contributed by atoms with E-state index in [1.807, 2.05) is 4.90 Å². The van der Waals surface area contributed by atoms with Crippen LogP contribution in [0.3, 0.4) is 0 Å². The zero-order chi connectivity index (χ0) is 12.5. The summed E-state index contributed by atoms with van der Waals surface area (Å²) in [5.74, 6) is 0.796. The Kier molecular flexibility index (Phi) is 3.73. The van der Waals surface area contributed by atoms with Crippen molar-refractivity contribution in [2.24, 2.45) is 11.7 Å². The smallest absolute Gasteiger partial charge is 0.224 e. The molecule has 1 amide bonds. The van der Waals surface area contributed by atoms with Crippen LogP contribution in [-0.4, -0.2) is 42.6 Å². The second-order valence-corrected chi connectivity index (χ2v) is 5.78. The molecular formula is C13H24N2O2. The van der Waals surface area contributed by atoms with Gasteiger partial charge in [-0.25, -0.2) is 0 Å². The third-order valence-electron chi connectivity index (χ3n) is 4.14. The second-order valence-electron chi connectivity index (χ2n) is 5.78. The largest absolute Gasteiger partial charge is 0.377 e. The molecule has 2 N–H and O–H groups in total. The van der Waals surface area contributed by atoms with Crippen LogP contribution in [0.15, 0.2) is 0 Å². The summed E-state index contributed by atoms with van der Waals surface area (Å²) in [6, 6.07) is 0.0678. The molecule has 1 aliphatic carbocycles. The molecular weight excluding hydrogens is 216 g/mol.